The van der Waals surface area contributed by atoms with Gasteiger partial charge in [-0.2, -0.15) is 0 Å². The Labute approximate surface area is 103 Å². The van der Waals surface area contributed by atoms with E-state index >= 15 is 0 Å². The molecule has 2 heterocycles. The minimum atomic E-state index is -0.279. The topological polar surface area (TPSA) is 42.7 Å². The normalized spacial score (nSPS) is 10.8. The Morgan fingerprint density at radius 2 is 2.11 bits per heavy atom. The summed E-state index contributed by atoms with van der Waals surface area (Å²) in [7, 11) is 1.92. The van der Waals surface area contributed by atoms with E-state index < -0.39 is 0 Å². The van der Waals surface area contributed by atoms with Crippen LogP contribution in [0.3, 0.4) is 0 Å². The van der Waals surface area contributed by atoms with Crippen molar-refractivity contribution in [3.63, 3.8) is 0 Å². The van der Waals surface area contributed by atoms with Gasteiger partial charge >= 0.3 is 0 Å². The first-order valence-corrected chi connectivity index (χ1v) is 5.52. The van der Waals surface area contributed by atoms with Crippen LogP contribution in [0.4, 0.5) is 15.9 Å². The molecule has 5 heteroatoms. The summed E-state index contributed by atoms with van der Waals surface area (Å²) in [6.07, 6.45) is 3.40. The zero-order chi connectivity index (χ0) is 12.5. The molecule has 0 unspecified atom stereocenters. The van der Waals surface area contributed by atoms with Gasteiger partial charge in [-0.3, -0.25) is 0 Å². The summed E-state index contributed by atoms with van der Waals surface area (Å²) >= 11 is 0. The Bertz CT molecular complexity index is 705. The second-order valence-corrected chi connectivity index (χ2v) is 4.02. The third-order valence-corrected chi connectivity index (χ3v) is 2.75. The number of fused-ring (bicyclic) bond motifs is 1. The molecule has 0 saturated heterocycles. The zero-order valence-electron chi connectivity index (χ0n) is 9.76. The minimum absolute atomic E-state index is 0.279. The van der Waals surface area contributed by atoms with E-state index in [-0.39, 0.29) is 5.82 Å². The lowest BCUT2D eigenvalue weighted by atomic mass is 10.3. The van der Waals surface area contributed by atoms with E-state index in [1.54, 1.807) is 12.1 Å². The molecule has 0 saturated carbocycles. The van der Waals surface area contributed by atoms with Crippen LogP contribution in [0.15, 0.2) is 42.9 Å². The standard InChI is InChI=1S/C13H11FN4/c1-18-6-5-11-12(15-8-16-13(11)18)17-10-4-2-3-9(14)7-10/h2-8H,1H3,(H,15,16,17). The Morgan fingerprint density at radius 3 is 2.94 bits per heavy atom. The molecule has 18 heavy (non-hydrogen) atoms. The van der Waals surface area contributed by atoms with E-state index in [0.29, 0.717) is 11.5 Å². The quantitative estimate of drug-likeness (QED) is 0.751. The molecule has 0 atom stereocenters. The average molecular weight is 242 g/mol. The van der Waals surface area contributed by atoms with Gasteiger partial charge in [-0.25, -0.2) is 14.4 Å². The summed E-state index contributed by atoms with van der Waals surface area (Å²) < 4.78 is 15.0. The van der Waals surface area contributed by atoms with Gasteiger partial charge in [0.1, 0.15) is 23.6 Å². The van der Waals surface area contributed by atoms with Crippen molar-refractivity contribution in [1.29, 1.82) is 0 Å². The van der Waals surface area contributed by atoms with Crippen LogP contribution in [0.2, 0.25) is 0 Å². The lowest BCUT2D eigenvalue weighted by Crippen LogP contribution is -1.96. The molecule has 2 aromatic heterocycles. The molecular weight excluding hydrogens is 231 g/mol. The zero-order valence-corrected chi connectivity index (χ0v) is 9.76. The molecule has 0 amide bonds. The van der Waals surface area contributed by atoms with Crippen LogP contribution in [-0.2, 0) is 7.05 Å². The van der Waals surface area contributed by atoms with Crippen LogP contribution in [0.1, 0.15) is 0 Å². The molecular formula is C13H11FN4. The molecule has 0 aliphatic carbocycles. The van der Waals surface area contributed by atoms with Crippen molar-refractivity contribution < 1.29 is 4.39 Å². The van der Waals surface area contributed by atoms with E-state index in [0.717, 1.165) is 11.0 Å². The predicted octanol–water partition coefficient (Wildman–Crippen LogP) is 2.85. The third kappa shape index (κ3) is 1.79. The largest absolute Gasteiger partial charge is 0.339 e. The molecule has 0 spiro atoms. The van der Waals surface area contributed by atoms with Gasteiger partial charge < -0.3 is 9.88 Å². The maximum atomic E-state index is 13.1. The van der Waals surface area contributed by atoms with Gasteiger partial charge in [0.25, 0.3) is 0 Å². The van der Waals surface area contributed by atoms with Crippen LogP contribution in [0, 0.1) is 5.82 Å². The molecule has 1 N–H and O–H groups in total. The first-order valence-electron chi connectivity index (χ1n) is 5.52. The monoisotopic (exact) mass is 242 g/mol. The second kappa shape index (κ2) is 4.10. The highest BCUT2D eigenvalue weighted by atomic mass is 19.1. The molecule has 0 fully saturated rings. The highest BCUT2D eigenvalue weighted by Crippen LogP contribution is 2.23. The van der Waals surface area contributed by atoms with E-state index in [1.807, 2.05) is 23.9 Å². The average Bonchev–Trinajstić information content (AvgIpc) is 2.73. The molecule has 0 bridgehead atoms. The number of hydrogen-bond acceptors (Lipinski definition) is 3. The Morgan fingerprint density at radius 1 is 1.22 bits per heavy atom. The summed E-state index contributed by atoms with van der Waals surface area (Å²) in [6, 6.07) is 8.21. The maximum absolute atomic E-state index is 13.1. The Kier molecular flexibility index (Phi) is 2.44. The fraction of sp³-hybridized carbons (Fsp3) is 0.0769. The lowest BCUT2D eigenvalue weighted by molar-refractivity contribution is 0.628. The van der Waals surface area contributed by atoms with Crippen LogP contribution < -0.4 is 5.32 Å². The lowest BCUT2D eigenvalue weighted by Gasteiger charge is -2.06. The van der Waals surface area contributed by atoms with Crippen molar-refractivity contribution in [3.05, 3.63) is 48.7 Å². The first-order chi connectivity index (χ1) is 8.74. The highest BCUT2D eigenvalue weighted by Gasteiger charge is 2.06. The van der Waals surface area contributed by atoms with Gasteiger partial charge in [0.05, 0.1) is 5.39 Å². The highest BCUT2D eigenvalue weighted by molar-refractivity contribution is 5.89. The molecule has 1 aromatic carbocycles. The van der Waals surface area contributed by atoms with E-state index in [4.69, 9.17) is 0 Å². The fourth-order valence-electron chi connectivity index (χ4n) is 1.88. The number of hydrogen-bond donors (Lipinski definition) is 1. The number of halogens is 1. The third-order valence-electron chi connectivity index (χ3n) is 2.75. The van der Waals surface area contributed by atoms with Crippen LogP contribution >= 0.6 is 0 Å². The summed E-state index contributed by atoms with van der Waals surface area (Å²) in [5.41, 5.74) is 1.50. The fourth-order valence-corrected chi connectivity index (χ4v) is 1.88. The number of anilines is 2. The molecule has 3 rings (SSSR count). The van der Waals surface area contributed by atoms with Crippen LogP contribution in [0.5, 0.6) is 0 Å². The molecule has 90 valence electrons. The van der Waals surface area contributed by atoms with Gasteiger partial charge in [-0.05, 0) is 24.3 Å². The number of benzene rings is 1. The number of aromatic nitrogens is 3. The number of nitrogens with zero attached hydrogens (tertiary/aromatic N) is 3. The summed E-state index contributed by atoms with van der Waals surface area (Å²) in [4.78, 5) is 8.39. The van der Waals surface area contributed by atoms with Crippen molar-refractivity contribution >= 4 is 22.5 Å². The first kappa shape index (κ1) is 10.7. The van der Waals surface area contributed by atoms with E-state index in [9.17, 15) is 4.39 Å². The molecule has 0 radical (unpaired) electrons. The van der Waals surface area contributed by atoms with E-state index in [2.05, 4.69) is 15.3 Å². The summed E-state index contributed by atoms with van der Waals surface area (Å²) in [5.74, 6) is 0.393. The van der Waals surface area contributed by atoms with Crippen molar-refractivity contribution in [2.24, 2.45) is 7.05 Å². The predicted molar refractivity (Wildman–Crippen MR) is 68.2 cm³/mol. The van der Waals surface area contributed by atoms with Gasteiger partial charge in [-0.1, -0.05) is 6.07 Å². The molecule has 0 aliphatic heterocycles. The Hall–Kier alpha value is -2.43. The molecule has 0 aliphatic rings. The van der Waals surface area contributed by atoms with E-state index in [1.165, 1.54) is 18.5 Å². The van der Waals surface area contributed by atoms with Crippen molar-refractivity contribution in [1.82, 2.24) is 14.5 Å². The number of rotatable bonds is 2. The molecule has 4 nitrogen and oxygen atoms in total. The molecule has 3 aromatic rings. The van der Waals surface area contributed by atoms with Gasteiger partial charge in [0.2, 0.25) is 0 Å². The van der Waals surface area contributed by atoms with Crippen LogP contribution in [-0.4, -0.2) is 14.5 Å². The summed E-state index contributed by atoms with van der Waals surface area (Å²) in [5, 5.41) is 4.00. The Balaban J connectivity index is 2.05. The van der Waals surface area contributed by atoms with Crippen molar-refractivity contribution in [2.75, 3.05) is 5.32 Å². The van der Waals surface area contributed by atoms with Gasteiger partial charge in [0.15, 0.2) is 0 Å². The van der Waals surface area contributed by atoms with Crippen molar-refractivity contribution in [2.45, 2.75) is 0 Å². The second-order valence-electron chi connectivity index (χ2n) is 4.02. The SMILES string of the molecule is Cn1ccc2c(Nc3cccc(F)c3)ncnc21. The smallest absolute Gasteiger partial charge is 0.145 e. The summed E-state index contributed by atoms with van der Waals surface area (Å²) in [6.45, 7) is 0. The minimum Gasteiger partial charge on any atom is -0.339 e. The van der Waals surface area contributed by atoms with Crippen molar-refractivity contribution in [3.8, 4) is 0 Å². The van der Waals surface area contributed by atoms with Gasteiger partial charge in [-0.15, -0.1) is 0 Å². The maximum Gasteiger partial charge on any atom is 0.145 e. The number of nitrogens with one attached hydrogen (secondary N) is 1. The van der Waals surface area contributed by atoms with Gasteiger partial charge in [0, 0.05) is 18.9 Å². The number of aryl methyl sites for hydroxylation is 1. The van der Waals surface area contributed by atoms with Crippen LogP contribution in [0.25, 0.3) is 11.0 Å².